The molecule has 0 saturated carbocycles. The van der Waals surface area contributed by atoms with Crippen LogP contribution in [0.3, 0.4) is 0 Å². The fourth-order valence-corrected chi connectivity index (χ4v) is 2.20. The third-order valence-electron chi connectivity index (χ3n) is 3.04. The zero-order chi connectivity index (χ0) is 12.5. The number of ether oxygens (including phenoxy) is 1. The van der Waals surface area contributed by atoms with E-state index in [4.69, 9.17) is 17.0 Å². The SMILES string of the molecule is CCCCCC(=O)CCC(=S)N1CCOCC1. The number of unbranched alkanes of at least 4 members (excludes halogenated alkanes) is 2. The minimum atomic E-state index is 0.356. The average Bonchev–Trinajstić information content (AvgIpc) is 2.37. The molecule has 1 rings (SSSR count). The summed E-state index contributed by atoms with van der Waals surface area (Å²) in [6, 6.07) is 0. The van der Waals surface area contributed by atoms with Crippen LogP contribution in [0.15, 0.2) is 0 Å². The number of hydrogen-bond acceptors (Lipinski definition) is 3. The maximum atomic E-state index is 11.6. The first-order valence-electron chi connectivity index (χ1n) is 6.61. The standard InChI is InChI=1S/C13H23NO2S/c1-2-3-4-5-12(15)6-7-13(17)14-8-10-16-11-9-14/h2-11H2,1H3. The van der Waals surface area contributed by atoms with Crippen LogP contribution in [0, 0.1) is 0 Å². The van der Waals surface area contributed by atoms with E-state index in [0.29, 0.717) is 12.2 Å². The van der Waals surface area contributed by atoms with Gasteiger partial charge in [-0.1, -0.05) is 32.0 Å². The van der Waals surface area contributed by atoms with Crippen molar-refractivity contribution in [3.63, 3.8) is 0 Å². The van der Waals surface area contributed by atoms with E-state index in [1.54, 1.807) is 0 Å². The van der Waals surface area contributed by atoms with Crippen LogP contribution in [0.2, 0.25) is 0 Å². The topological polar surface area (TPSA) is 29.5 Å². The van der Waals surface area contributed by atoms with Crippen molar-refractivity contribution in [1.29, 1.82) is 0 Å². The van der Waals surface area contributed by atoms with Crippen LogP contribution in [-0.2, 0) is 9.53 Å². The number of hydrogen-bond donors (Lipinski definition) is 0. The maximum Gasteiger partial charge on any atom is 0.133 e. The molecule has 0 aromatic carbocycles. The summed E-state index contributed by atoms with van der Waals surface area (Å²) in [6.07, 6.45) is 5.42. The summed E-state index contributed by atoms with van der Waals surface area (Å²) in [7, 11) is 0. The lowest BCUT2D eigenvalue weighted by molar-refractivity contribution is -0.119. The molecule has 0 atom stereocenters. The van der Waals surface area contributed by atoms with Crippen LogP contribution in [0.1, 0.15) is 45.4 Å². The first kappa shape index (κ1) is 14.6. The molecule has 0 aliphatic carbocycles. The van der Waals surface area contributed by atoms with Gasteiger partial charge < -0.3 is 9.64 Å². The molecule has 1 aliphatic rings. The lowest BCUT2D eigenvalue weighted by Crippen LogP contribution is -2.39. The predicted octanol–water partition coefficient (Wildman–Crippen LogP) is 2.58. The van der Waals surface area contributed by atoms with Gasteiger partial charge in [0.15, 0.2) is 0 Å². The second kappa shape index (κ2) is 8.59. The van der Waals surface area contributed by atoms with Crippen molar-refractivity contribution < 1.29 is 9.53 Å². The number of thiocarbonyl (C=S) groups is 1. The molecule has 0 N–H and O–H groups in total. The van der Waals surface area contributed by atoms with E-state index in [2.05, 4.69) is 11.8 Å². The first-order valence-corrected chi connectivity index (χ1v) is 7.02. The van der Waals surface area contributed by atoms with Gasteiger partial charge in [0.2, 0.25) is 0 Å². The molecular weight excluding hydrogens is 234 g/mol. The number of carbonyl (C=O) groups excluding carboxylic acids is 1. The molecule has 1 heterocycles. The van der Waals surface area contributed by atoms with E-state index >= 15 is 0 Å². The Morgan fingerprint density at radius 2 is 1.88 bits per heavy atom. The predicted molar refractivity (Wildman–Crippen MR) is 73.4 cm³/mol. The Morgan fingerprint density at radius 3 is 2.53 bits per heavy atom. The van der Waals surface area contributed by atoms with Crippen LogP contribution < -0.4 is 0 Å². The Balaban J connectivity index is 2.11. The molecule has 0 amide bonds. The Bertz CT molecular complexity index is 250. The number of morpholine rings is 1. The van der Waals surface area contributed by atoms with Gasteiger partial charge >= 0.3 is 0 Å². The number of ketones is 1. The third kappa shape index (κ3) is 6.13. The average molecular weight is 257 g/mol. The van der Waals surface area contributed by atoms with Crippen LogP contribution in [0.5, 0.6) is 0 Å². The zero-order valence-electron chi connectivity index (χ0n) is 10.7. The summed E-state index contributed by atoms with van der Waals surface area (Å²) in [5.74, 6) is 0.356. The molecule has 0 aromatic heterocycles. The summed E-state index contributed by atoms with van der Waals surface area (Å²) < 4.78 is 5.27. The third-order valence-corrected chi connectivity index (χ3v) is 3.50. The Hall–Kier alpha value is -0.480. The molecule has 98 valence electrons. The highest BCUT2D eigenvalue weighted by Crippen LogP contribution is 2.08. The van der Waals surface area contributed by atoms with Crippen LogP contribution in [-0.4, -0.2) is 42.0 Å². The molecule has 0 unspecified atom stereocenters. The van der Waals surface area contributed by atoms with Gasteiger partial charge in [-0.3, -0.25) is 4.79 Å². The molecule has 1 saturated heterocycles. The minimum absolute atomic E-state index is 0.356. The van der Waals surface area contributed by atoms with E-state index in [-0.39, 0.29) is 0 Å². The smallest absolute Gasteiger partial charge is 0.133 e. The highest BCUT2D eigenvalue weighted by atomic mass is 32.1. The zero-order valence-corrected chi connectivity index (χ0v) is 11.6. The van der Waals surface area contributed by atoms with Gasteiger partial charge in [0.05, 0.1) is 18.2 Å². The number of carbonyl (C=O) groups is 1. The van der Waals surface area contributed by atoms with Crippen molar-refractivity contribution in [2.75, 3.05) is 26.3 Å². The lowest BCUT2D eigenvalue weighted by atomic mass is 10.1. The quantitative estimate of drug-likeness (QED) is 0.518. The van der Waals surface area contributed by atoms with E-state index in [0.717, 1.165) is 57.0 Å². The van der Waals surface area contributed by atoms with Crippen molar-refractivity contribution in [2.45, 2.75) is 45.4 Å². The van der Waals surface area contributed by atoms with Gasteiger partial charge in [0.25, 0.3) is 0 Å². The summed E-state index contributed by atoms with van der Waals surface area (Å²) in [5, 5.41) is 0. The fraction of sp³-hybridized carbons (Fsp3) is 0.846. The Labute approximate surface area is 110 Å². The number of rotatable bonds is 7. The maximum absolute atomic E-state index is 11.6. The molecule has 4 heteroatoms. The van der Waals surface area contributed by atoms with Gasteiger partial charge in [0.1, 0.15) is 5.78 Å². The highest BCUT2D eigenvalue weighted by molar-refractivity contribution is 7.80. The summed E-state index contributed by atoms with van der Waals surface area (Å²) >= 11 is 5.35. The fourth-order valence-electron chi connectivity index (χ4n) is 1.91. The Kier molecular flexibility index (Phi) is 7.37. The summed E-state index contributed by atoms with van der Waals surface area (Å²) in [6.45, 7) is 5.42. The van der Waals surface area contributed by atoms with E-state index in [1.807, 2.05) is 0 Å². The van der Waals surface area contributed by atoms with Crippen LogP contribution in [0.4, 0.5) is 0 Å². The van der Waals surface area contributed by atoms with E-state index in [1.165, 1.54) is 6.42 Å². The van der Waals surface area contributed by atoms with Crippen molar-refractivity contribution in [3.8, 4) is 0 Å². The van der Waals surface area contributed by atoms with Crippen LogP contribution >= 0.6 is 12.2 Å². The molecule has 0 spiro atoms. The normalized spacial score (nSPS) is 15.9. The van der Waals surface area contributed by atoms with Gasteiger partial charge in [0, 0.05) is 32.4 Å². The van der Waals surface area contributed by atoms with Crippen molar-refractivity contribution in [1.82, 2.24) is 4.90 Å². The monoisotopic (exact) mass is 257 g/mol. The summed E-state index contributed by atoms with van der Waals surface area (Å²) in [4.78, 5) is 14.7. The van der Waals surface area contributed by atoms with E-state index < -0.39 is 0 Å². The van der Waals surface area contributed by atoms with Crippen LogP contribution in [0.25, 0.3) is 0 Å². The molecule has 0 radical (unpaired) electrons. The molecular formula is C13H23NO2S. The summed E-state index contributed by atoms with van der Waals surface area (Å²) in [5.41, 5.74) is 0. The number of nitrogens with zero attached hydrogens (tertiary/aromatic N) is 1. The van der Waals surface area contributed by atoms with Gasteiger partial charge in [-0.2, -0.15) is 0 Å². The molecule has 17 heavy (non-hydrogen) atoms. The van der Waals surface area contributed by atoms with Gasteiger partial charge in [-0.25, -0.2) is 0 Å². The molecule has 0 bridgehead atoms. The number of Topliss-reactive ketones (excluding diaryl/α,β-unsaturated/α-hetero) is 1. The molecule has 0 aromatic rings. The second-order valence-corrected chi connectivity index (χ2v) is 4.96. The first-order chi connectivity index (χ1) is 8.24. The Morgan fingerprint density at radius 1 is 1.18 bits per heavy atom. The van der Waals surface area contributed by atoms with Gasteiger partial charge in [-0.15, -0.1) is 0 Å². The second-order valence-electron chi connectivity index (χ2n) is 4.49. The molecule has 3 nitrogen and oxygen atoms in total. The van der Waals surface area contributed by atoms with Crippen molar-refractivity contribution in [2.24, 2.45) is 0 Å². The molecule has 1 fully saturated rings. The van der Waals surface area contributed by atoms with Crippen molar-refractivity contribution >= 4 is 23.0 Å². The minimum Gasteiger partial charge on any atom is -0.378 e. The van der Waals surface area contributed by atoms with Crippen molar-refractivity contribution in [3.05, 3.63) is 0 Å². The van der Waals surface area contributed by atoms with E-state index in [9.17, 15) is 4.79 Å². The lowest BCUT2D eigenvalue weighted by Gasteiger charge is -2.29. The van der Waals surface area contributed by atoms with Gasteiger partial charge in [-0.05, 0) is 6.42 Å². The highest BCUT2D eigenvalue weighted by Gasteiger charge is 2.14. The largest absolute Gasteiger partial charge is 0.378 e. The molecule has 1 aliphatic heterocycles.